The highest BCUT2D eigenvalue weighted by Gasteiger charge is 2.19. The molecule has 1 fully saturated rings. The summed E-state index contributed by atoms with van der Waals surface area (Å²) >= 11 is 0. The van der Waals surface area contributed by atoms with Gasteiger partial charge in [-0.1, -0.05) is 19.8 Å². The number of Topliss-reactive ketones (excluding diaryl/α,β-unsaturated/α-hetero) is 1. The number of carbonyl (C=O) groups excluding carboxylic acids is 2. The van der Waals surface area contributed by atoms with Gasteiger partial charge < -0.3 is 10.6 Å². The largest absolute Gasteiger partial charge is 0.338 e. The zero-order chi connectivity index (χ0) is 12.0. The number of carbonyl (C=O) groups is 2. The molecule has 16 heavy (non-hydrogen) atoms. The predicted octanol–water partition coefficient (Wildman–Crippen LogP) is 1.84. The van der Waals surface area contributed by atoms with Crippen molar-refractivity contribution in [3.8, 4) is 0 Å². The molecule has 2 amide bonds. The fourth-order valence-electron chi connectivity index (χ4n) is 2.15. The van der Waals surface area contributed by atoms with Gasteiger partial charge in [0.1, 0.15) is 5.78 Å². The van der Waals surface area contributed by atoms with Crippen LogP contribution in [0.3, 0.4) is 0 Å². The summed E-state index contributed by atoms with van der Waals surface area (Å²) in [5.74, 6) is 0.808. The molecule has 1 aliphatic rings. The van der Waals surface area contributed by atoms with Crippen molar-refractivity contribution < 1.29 is 9.59 Å². The van der Waals surface area contributed by atoms with Gasteiger partial charge in [0.15, 0.2) is 0 Å². The van der Waals surface area contributed by atoms with Gasteiger partial charge in [-0.2, -0.15) is 0 Å². The van der Waals surface area contributed by atoms with Crippen LogP contribution in [0, 0.1) is 5.92 Å². The van der Waals surface area contributed by atoms with E-state index in [1.807, 2.05) is 0 Å². The van der Waals surface area contributed by atoms with Gasteiger partial charge in [-0.3, -0.25) is 4.79 Å². The number of urea groups is 1. The molecule has 2 unspecified atom stereocenters. The monoisotopic (exact) mass is 226 g/mol. The van der Waals surface area contributed by atoms with E-state index in [9.17, 15) is 9.59 Å². The molecule has 1 rings (SSSR count). The molecule has 0 spiro atoms. The van der Waals surface area contributed by atoms with Crippen LogP contribution in [0.2, 0.25) is 0 Å². The van der Waals surface area contributed by atoms with Crippen LogP contribution in [0.1, 0.15) is 46.0 Å². The average molecular weight is 226 g/mol. The van der Waals surface area contributed by atoms with E-state index in [2.05, 4.69) is 17.6 Å². The maximum absolute atomic E-state index is 11.5. The molecule has 4 heteroatoms. The number of amides is 2. The first kappa shape index (κ1) is 13.0. The molecule has 2 N–H and O–H groups in total. The van der Waals surface area contributed by atoms with Crippen molar-refractivity contribution >= 4 is 11.8 Å². The number of hydrogen-bond acceptors (Lipinski definition) is 2. The highest BCUT2D eigenvalue weighted by atomic mass is 16.2. The SMILES string of the molecule is CC(=O)CCNC(=O)NC1CCCC(C)C1. The minimum Gasteiger partial charge on any atom is -0.338 e. The molecule has 0 saturated heterocycles. The fraction of sp³-hybridized carbons (Fsp3) is 0.833. The van der Waals surface area contributed by atoms with Crippen molar-refractivity contribution in [1.29, 1.82) is 0 Å². The van der Waals surface area contributed by atoms with Crippen LogP contribution < -0.4 is 10.6 Å². The van der Waals surface area contributed by atoms with E-state index in [0.29, 0.717) is 24.9 Å². The summed E-state index contributed by atoms with van der Waals surface area (Å²) in [6.07, 6.45) is 5.02. The average Bonchev–Trinajstić information content (AvgIpc) is 2.16. The second kappa shape index (κ2) is 6.51. The highest BCUT2D eigenvalue weighted by Crippen LogP contribution is 2.23. The van der Waals surface area contributed by atoms with E-state index in [-0.39, 0.29) is 11.8 Å². The van der Waals surface area contributed by atoms with Gasteiger partial charge in [0.05, 0.1) is 0 Å². The van der Waals surface area contributed by atoms with Gasteiger partial charge in [-0.05, 0) is 25.7 Å². The smallest absolute Gasteiger partial charge is 0.315 e. The van der Waals surface area contributed by atoms with Crippen molar-refractivity contribution in [2.24, 2.45) is 5.92 Å². The third kappa shape index (κ3) is 5.14. The van der Waals surface area contributed by atoms with Crippen molar-refractivity contribution in [3.63, 3.8) is 0 Å². The van der Waals surface area contributed by atoms with Crippen molar-refractivity contribution in [2.75, 3.05) is 6.54 Å². The number of hydrogen-bond donors (Lipinski definition) is 2. The van der Waals surface area contributed by atoms with E-state index in [0.717, 1.165) is 12.8 Å². The second-order valence-electron chi connectivity index (χ2n) is 4.82. The Morgan fingerprint density at radius 2 is 2.06 bits per heavy atom. The van der Waals surface area contributed by atoms with Gasteiger partial charge in [0, 0.05) is 19.0 Å². The van der Waals surface area contributed by atoms with Crippen LogP contribution >= 0.6 is 0 Å². The van der Waals surface area contributed by atoms with Gasteiger partial charge in [-0.25, -0.2) is 4.79 Å². The van der Waals surface area contributed by atoms with E-state index in [1.54, 1.807) is 0 Å². The topological polar surface area (TPSA) is 58.2 Å². The van der Waals surface area contributed by atoms with E-state index >= 15 is 0 Å². The summed E-state index contributed by atoms with van der Waals surface area (Å²) in [6, 6.07) is 0.168. The fourth-order valence-corrected chi connectivity index (χ4v) is 2.15. The van der Waals surface area contributed by atoms with Crippen LogP contribution in [0.25, 0.3) is 0 Å². The number of rotatable bonds is 4. The molecule has 92 valence electrons. The Kier molecular flexibility index (Phi) is 5.29. The van der Waals surface area contributed by atoms with Gasteiger partial charge >= 0.3 is 6.03 Å². The molecular weight excluding hydrogens is 204 g/mol. The first-order valence-corrected chi connectivity index (χ1v) is 6.11. The van der Waals surface area contributed by atoms with Crippen LogP contribution in [0.15, 0.2) is 0 Å². The molecule has 0 radical (unpaired) electrons. The lowest BCUT2D eigenvalue weighted by molar-refractivity contribution is -0.116. The normalized spacial score (nSPS) is 24.9. The second-order valence-corrected chi connectivity index (χ2v) is 4.82. The van der Waals surface area contributed by atoms with E-state index in [1.165, 1.54) is 19.8 Å². The lowest BCUT2D eigenvalue weighted by atomic mass is 9.87. The lowest BCUT2D eigenvalue weighted by Crippen LogP contribution is -2.44. The summed E-state index contributed by atoms with van der Waals surface area (Å²) < 4.78 is 0. The molecule has 1 aliphatic carbocycles. The van der Waals surface area contributed by atoms with Crippen LogP contribution in [0.5, 0.6) is 0 Å². The minimum absolute atomic E-state index is 0.103. The number of nitrogens with one attached hydrogen (secondary N) is 2. The Hall–Kier alpha value is -1.06. The molecule has 0 heterocycles. The lowest BCUT2D eigenvalue weighted by Gasteiger charge is -2.27. The first-order chi connectivity index (χ1) is 7.58. The minimum atomic E-state index is -0.139. The van der Waals surface area contributed by atoms with Gasteiger partial charge in [0.2, 0.25) is 0 Å². The molecule has 0 aromatic rings. The van der Waals surface area contributed by atoms with Crippen molar-refractivity contribution in [1.82, 2.24) is 10.6 Å². The van der Waals surface area contributed by atoms with Gasteiger partial charge in [-0.15, -0.1) is 0 Å². The zero-order valence-electron chi connectivity index (χ0n) is 10.2. The molecule has 0 bridgehead atoms. The summed E-state index contributed by atoms with van der Waals surface area (Å²) in [5, 5.41) is 5.67. The molecule has 1 saturated carbocycles. The summed E-state index contributed by atoms with van der Waals surface area (Å²) in [5.41, 5.74) is 0. The molecule has 0 aromatic carbocycles. The molecule has 0 aromatic heterocycles. The predicted molar refractivity (Wildman–Crippen MR) is 63.3 cm³/mol. The molecule has 2 atom stereocenters. The Morgan fingerprint density at radius 3 is 2.69 bits per heavy atom. The van der Waals surface area contributed by atoms with Crippen LogP contribution in [-0.4, -0.2) is 24.4 Å². The Labute approximate surface area is 97.2 Å². The van der Waals surface area contributed by atoms with E-state index in [4.69, 9.17) is 0 Å². The third-order valence-electron chi connectivity index (χ3n) is 3.03. The maximum atomic E-state index is 11.5. The van der Waals surface area contributed by atoms with Crippen LogP contribution in [-0.2, 0) is 4.79 Å². The molecule has 4 nitrogen and oxygen atoms in total. The van der Waals surface area contributed by atoms with Crippen molar-refractivity contribution in [2.45, 2.75) is 52.0 Å². The maximum Gasteiger partial charge on any atom is 0.315 e. The van der Waals surface area contributed by atoms with Crippen LogP contribution in [0.4, 0.5) is 4.79 Å². The highest BCUT2D eigenvalue weighted by molar-refractivity contribution is 5.77. The Morgan fingerprint density at radius 1 is 1.31 bits per heavy atom. The summed E-state index contributed by atoms with van der Waals surface area (Å²) in [4.78, 5) is 22.2. The Balaban J connectivity index is 2.15. The summed E-state index contributed by atoms with van der Waals surface area (Å²) in [7, 11) is 0. The molecular formula is C12H22N2O2. The first-order valence-electron chi connectivity index (χ1n) is 6.11. The standard InChI is InChI=1S/C12H22N2O2/c1-9-4-3-5-11(8-9)14-12(16)13-7-6-10(2)15/h9,11H,3-8H2,1-2H3,(H2,13,14,16). The molecule has 0 aliphatic heterocycles. The summed E-state index contributed by atoms with van der Waals surface area (Å²) in [6.45, 7) is 4.19. The Bertz CT molecular complexity index is 253. The van der Waals surface area contributed by atoms with E-state index < -0.39 is 0 Å². The van der Waals surface area contributed by atoms with Gasteiger partial charge in [0.25, 0.3) is 0 Å². The zero-order valence-corrected chi connectivity index (χ0v) is 10.2. The quantitative estimate of drug-likeness (QED) is 0.768. The number of ketones is 1. The third-order valence-corrected chi connectivity index (χ3v) is 3.03. The van der Waals surface area contributed by atoms with Crippen molar-refractivity contribution in [3.05, 3.63) is 0 Å².